The second-order valence-electron chi connectivity index (χ2n) is 6.85. The van der Waals surface area contributed by atoms with E-state index in [1.54, 1.807) is 18.2 Å². The van der Waals surface area contributed by atoms with Crippen LogP contribution in [-0.4, -0.2) is 16.9 Å². The number of nitrogens with two attached hydrogens (primary N) is 1. The highest BCUT2D eigenvalue weighted by Crippen LogP contribution is 2.28. The number of primary amides is 1. The number of hydrogen-bond acceptors (Lipinski definition) is 3. The molecule has 27 heavy (non-hydrogen) atoms. The molecule has 4 nitrogen and oxygen atoms in total. The number of aromatic nitrogens is 1. The van der Waals surface area contributed by atoms with Gasteiger partial charge in [-0.15, -0.1) is 0 Å². The van der Waals surface area contributed by atoms with Gasteiger partial charge in [-0.2, -0.15) is 0 Å². The van der Waals surface area contributed by atoms with Crippen molar-refractivity contribution in [1.29, 1.82) is 0 Å². The summed E-state index contributed by atoms with van der Waals surface area (Å²) >= 11 is 6.29. The first-order valence-electron chi connectivity index (χ1n) is 8.95. The fourth-order valence-electron chi connectivity index (χ4n) is 3.54. The number of fused-ring (bicyclic) bond motifs is 1. The third kappa shape index (κ3) is 3.87. The second kappa shape index (κ2) is 7.51. The number of nitrogens with zero attached hydrogens (tertiary/aromatic N) is 1. The molecule has 0 radical (unpaired) electrons. The Labute approximate surface area is 163 Å². The molecule has 0 bridgehead atoms. The Kier molecular flexibility index (Phi) is 4.92. The molecule has 0 unspecified atom stereocenters. The molecule has 0 spiro atoms. The molecule has 0 atom stereocenters. The highest BCUT2D eigenvalue weighted by molar-refractivity contribution is 6.33. The van der Waals surface area contributed by atoms with Crippen molar-refractivity contribution >= 4 is 17.5 Å². The molecule has 3 aromatic rings. The normalized spacial score (nSPS) is 13.5. The highest BCUT2D eigenvalue weighted by atomic mass is 35.5. The van der Waals surface area contributed by atoms with E-state index in [1.807, 2.05) is 18.3 Å². The van der Waals surface area contributed by atoms with Crippen molar-refractivity contribution < 1.29 is 4.79 Å². The predicted molar refractivity (Wildman–Crippen MR) is 108 cm³/mol. The molecule has 4 rings (SSSR count). The minimum Gasteiger partial charge on any atom is -0.366 e. The number of amides is 1. The molecule has 0 saturated carbocycles. The molecule has 1 aliphatic rings. The Morgan fingerprint density at radius 2 is 1.85 bits per heavy atom. The van der Waals surface area contributed by atoms with E-state index in [1.165, 1.54) is 11.1 Å². The zero-order chi connectivity index (χ0) is 18.8. The van der Waals surface area contributed by atoms with Gasteiger partial charge in [-0.1, -0.05) is 48.0 Å². The molecule has 5 heteroatoms. The number of pyridine rings is 1. The fourth-order valence-corrected chi connectivity index (χ4v) is 3.83. The lowest BCUT2D eigenvalue weighted by Crippen LogP contribution is -2.29. The fraction of sp³-hybridized carbons (Fsp3) is 0.182. The van der Waals surface area contributed by atoms with Crippen molar-refractivity contribution in [2.75, 3.05) is 0 Å². The summed E-state index contributed by atoms with van der Waals surface area (Å²) in [6.07, 6.45) is 3.94. The predicted octanol–water partition coefficient (Wildman–Crippen LogP) is 3.76. The lowest BCUT2D eigenvalue weighted by atomic mass is 10.0. The maximum Gasteiger partial charge on any atom is 0.248 e. The van der Waals surface area contributed by atoms with Crippen molar-refractivity contribution in [1.82, 2.24) is 10.3 Å². The summed E-state index contributed by atoms with van der Waals surface area (Å²) in [5, 5.41) is 4.08. The number of hydrogen-bond donors (Lipinski definition) is 2. The minimum absolute atomic E-state index is 0.398. The van der Waals surface area contributed by atoms with E-state index < -0.39 is 5.91 Å². The van der Waals surface area contributed by atoms with Crippen molar-refractivity contribution in [2.45, 2.75) is 25.4 Å². The Bertz CT molecular complexity index is 960. The monoisotopic (exact) mass is 377 g/mol. The van der Waals surface area contributed by atoms with Crippen molar-refractivity contribution in [3.05, 3.63) is 88.2 Å². The van der Waals surface area contributed by atoms with Crippen molar-refractivity contribution in [3.63, 3.8) is 0 Å². The number of halogens is 1. The SMILES string of the molecule is NC(=O)c1ccc(-c2ccc(CNC3Cc4ccccc4C3)nc2)c(Cl)c1. The molecule has 1 amide bonds. The van der Waals surface area contributed by atoms with Crippen molar-refractivity contribution in [3.8, 4) is 11.1 Å². The summed E-state index contributed by atoms with van der Waals surface area (Å²) < 4.78 is 0. The van der Waals surface area contributed by atoms with Gasteiger partial charge in [0, 0.05) is 40.5 Å². The van der Waals surface area contributed by atoms with Crippen molar-refractivity contribution in [2.24, 2.45) is 5.73 Å². The standard InChI is InChI=1S/C22H20ClN3O/c23-21-11-16(22(24)27)6-8-20(21)17-5-7-18(25-12-17)13-26-19-9-14-3-1-2-4-15(14)10-19/h1-8,11-12,19,26H,9-10,13H2,(H2,24,27). The highest BCUT2D eigenvalue weighted by Gasteiger charge is 2.20. The lowest BCUT2D eigenvalue weighted by Gasteiger charge is -2.12. The summed E-state index contributed by atoms with van der Waals surface area (Å²) in [5.74, 6) is -0.489. The molecule has 0 fully saturated rings. The zero-order valence-corrected chi connectivity index (χ0v) is 15.5. The molecule has 1 aliphatic carbocycles. The van der Waals surface area contributed by atoms with Gasteiger partial charge in [-0.25, -0.2) is 0 Å². The zero-order valence-electron chi connectivity index (χ0n) is 14.8. The average molecular weight is 378 g/mol. The van der Waals surface area contributed by atoms with Crippen LogP contribution < -0.4 is 11.1 Å². The number of benzene rings is 2. The van der Waals surface area contributed by atoms with Gasteiger partial charge < -0.3 is 11.1 Å². The van der Waals surface area contributed by atoms with E-state index in [0.29, 0.717) is 16.6 Å². The van der Waals surface area contributed by atoms with E-state index in [-0.39, 0.29) is 0 Å². The van der Waals surface area contributed by atoms with Gasteiger partial charge in [0.05, 0.1) is 5.69 Å². The summed E-state index contributed by atoms with van der Waals surface area (Å²) in [5.41, 5.74) is 11.3. The third-order valence-corrected chi connectivity index (χ3v) is 5.32. The molecule has 136 valence electrons. The summed E-state index contributed by atoms with van der Waals surface area (Å²) in [4.78, 5) is 15.8. The first kappa shape index (κ1) is 17.7. The van der Waals surface area contributed by atoms with E-state index in [0.717, 1.165) is 36.2 Å². The van der Waals surface area contributed by atoms with Crippen LogP contribution in [0.2, 0.25) is 5.02 Å². The maximum absolute atomic E-state index is 11.2. The van der Waals surface area contributed by atoms with Gasteiger partial charge in [0.15, 0.2) is 0 Å². The first-order valence-corrected chi connectivity index (χ1v) is 9.33. The molecular formula is C22H20ClN3O. The Morgan fingerprint density at radius 3 is 2.44 bits per heavy atom. The van der Waals surface area contributed by atoms with E-state index in [4.69, 9.17) is 17.3 Å². The smallest absolute Gasteiger partial charge is 0.248 e. The van der Waals surface area contributed by atoms with Crippen LogP contribution in [0.4, 0.5) is 0 Å². The lowest BCUT2D eigenvalue weighted by molar-refractivity contribution is 0.100. The molecule has 0 aliphatic heterocycles. The number of nitrogens with one attached hydrogen (secondary N) is 1. The first-order chi connectivity index (χ1) is 13.1. The van der Waals surface area contributed by atoms with E-state index in [2.05, 4.69) is 34.6 Å². The van der Waals surface area contributed by atoms with Crippen LogP contribution in [0.1, 0.15) is 27.2 Å². The summed E-state index contributed by atoms with van der Waals surface area (Å²) in [6.45, 7) is 0.729. The van der Waals surface area contributed by atoms with Crippen LogP contribution >= 0.6 is 11.6 Å². The van der Waals surface area contributed by atoms with E-state index in [9.17, 15) is 4.79 Å². The largest absolute Gasteiger partial charge is 0.366 e. The average Bonchev–Trinajstić information content (AvgIpc) is 3.10. The van der Waals surface area contributed by atoms with Gasteiger partial charge in [0.1, 0.15) is 0 Å². The number of rotatable bonds is 5. The number of carbonyl (C=O) groups is 1. The summed E-state index contributed by atoms with van der Waals surface area (Å²) in [7, 11) is 0. The van der Waals surface area contributed by atoms with Gasteiger partial charge in [0.25, 0.3) is 0 Å². The second-order valence-corrected chi connectivity index (χ2v) is 7.26. The molecular weight excluding hydrogens is 358 g/mol. The van der Waals surface area contributed by atoms with E-state index >= 15 is 0 Å². The third-order valence-electron chi connectivity index (χ3n) is 5.01. The quantitative estimate of drug-likeness (QED) is 0.711. The molecule has 1 aromatic heterocycles. The van der Waals surface area contributed by atoms with Crippen LogP contribution in [0.5, 0.6) is 0 Å². The Morgan fingerprint density at radius 1 is 1.11 bits per heavy atom. The van der Waals surface area contributed by atoms with Gasteiger partial charge >= 0.3 is 0 Å². The molecule has 3 N–H and O–H groups in total. The van der Waals surface area contributed by atoms with Crippen LogP contribution in [0.3, 0.4) is 0 Å². The molecule has 1 heterocycles. The topological polar surface area (TPSA) is 68.0 Å². The van der Waals surface area contributed by atoms with Crippen LogP contribution in [0.15, 0.2) is 60.8 Å². The van der Waals surface area contributed by atoms with Gasteiger partial charge in [0.2, 0.25) is 5.91 Å². The minimum atomic E-state index is -0.489. The molecule has 0 saturated heterocycles. The van der Waals surface area contributed by atoms with Crippen LogP contribution in [0, 0.1) is 0 Å². The van der Waals surface area contributed by atoms with Gasteiger partial charge in [-0.05, 0) is 42.2 Å². The Hall–Kier alpha value is -2.69. The number of carbonyl (C=O) groups excluding carboxylic acids is 1. The van der Waals surface area contributed by atoms with Crippen LogP contribution in [0.25, 0.3) is 11.1 Å². The molecule has 2 aromatic carbocycles. The van der Waals surface area contributed by atoms with Gasteiger partial charge in [-0.3, -0.25) is 9.78 Å². The van der Waals surface area contributed by atoms with Crippen LogP contribution in [-0.2, 0) is 19.4 Å². The Balaban J connectivity index is 1.40. The maximum atomic E-state index is 11.2. The summed E-state index contributed by atoms with van der Waals surface area (Å²) in [6, 6.07) is 18.1.